The van der Waals surface area contributed by atoms with Crippen LogP contribution in [0.5, 0.6) is 0 Å². The Morgan fingerprint density at radius 1 is 1.04 bits per heavy atom. The summed E-state index contributed by atoms with van der Waals surface area (Å²) in [6.45, 7) is 10.0. The molecule has 3 heteroatoms. The molecule has 3 fully saturated rings. The molecule has 3 saturated carbocycles. The summed E-state index contributed by atoms with van der Waals surface area (Å²) in [7, 11) is 0. The molecule has 150 valence electrons. The highest BCUT2D eigenvalue weighted by Crippen LogP contribution is 2.70. The van der Waals surface area contributed by atoms with Crippen molar-refractivity contribution in [1.29, 1.82) is 0 Å². The quantitative estimate of drug-likeness (QED) is 0.683. The second-order valence-corrected chi connectivity index (χ2v) is 11.2. The van der Waals surface area contributed by atoms with Crippen molar-refractivity contribution in [3.8, 4) is 0 Å². The molecule has 0 aromatic heterocycles. The third-order valence-corrected chi connectivity index (χ3v) is 9.51. The van der Waals surface area contributed by atoms with Gasteiger partial charge in [-0.1, -0.05) is 40.2 Å². The number of fused-ring (bicyclic) bond motifs is 5. The van der Waals surface area contributed by atoms with Gasteiger partial charge in [0, 0.05) is 12.0 Å². The van der Waals surface area contributed by atoms with Crippen LogP contribution in [0.4, 0.5) is 0 Å². The Balaban J connectivity index is 1.66. The van der Waals surface area contributed by atoms with Gasteiger partial charge in [-0.2, -0.15) is 0 Å². The summed E-state index contributed by atoms with van der Waals surface area (Å²) in [5, 5.41) is 9.14. The van der Waals surface area contributed by atoms with Gasteiger partial charge in [-0.3, -0.25) is 9.59 Å². The summed E-state index contributed by atoms with van der Waals surface area (Å²) in [4.78, 5) is 23.9. The van der Waals surface area contributed by atoms with Crippen LogP contribution in [0.2, 0.25) is 0 Å². The van der Waals surface area contributed by atoms with Gasteiger partial charge in [0.1, 0.15) is 0 Å². The zero-order valence-electron chi connectivity index (χ0n) is 17.5. The molecular formula is C24H36O3. The van der Waals surface area contributed by atoms with Crippen molar-refractivity contribution < 1.29 is 14.7 Å². The van der Waals surface area contributed by atoms with Crippen molar-refractivity contribution >= 4 is 11.8 Å². The standard InChI is InChI=1S/C24H36O3/c1-22(2)9-5-10-24(4)19(22)8-11-23(3)17-14-18(25)16(13-21(26)27)12-15(17)6-7-20(23)24/h12,15,17,19-20H,5-11,13-14H2,1-4H3,(H,26,27)/t15-,17?,19?,20?,23+,24+/m1/s1. The first-order chi connectivity index (χ1) is 12.6. The maximum absolute atomic E-state index is 12.7. The molecule has 1 N–H and O–H groups in total. The Kier molecular flexibility index (Phi) is 4.40. The molecule has 0 radical (unpaired) electrons. The van der Waals surface area contributed by atoms with Crippen LogP contribution < -0.4 is 0 Å². The first kappa shape index (κ1) is 19.2. The predicted molar refractivity (Wildman–Crippen MR) is 106 cm³/mol. The molecule has 0 aromatic rings. The summed E-state index contributed by atoms with van der Waals surface area (Å²) >= 11 is 0. The van der Waals surface area contributed by atoms with Crippen molar-refractivity contribution in [3.05, 3.63) is 11.6 Å². The fourth-order valence-electron chi connectivity index (χ4n) is 8.43. The van der Waals surface area contributed by atoms with Crippen LogP contribution in [0.15, 0.2) is 11.6 Å². The number of hydrogen-bond acceptors (Lipinski definition) is 2. The largest absolute Gasteiger partial charge is 0.481 e. The molecule has 27 heavy (non-hydrogen) atoms. The summed E-state index contributed by atoms with van der Waals surface area (Å²) in [5.41, 5.74) is 1.61. The molecule has 0 saturated heterocycles. The van der Waals surface area contributed by atoms with Crippen LogP contribution in [0, 0.1) is 39.9 Å². The summed E-state index contributed by atoms with van der Waals surface area (Å²) in [6, 6.07) is 0. The molecule has 0 aromatic carbocycles. The van der Waals surface area contributed by atoms with Crippen molar-refractivity contribution in [1.82, 2.24) is 0 Å². The maximum atomic E-state index is 12.7. The Hall–Kier alpha value is -1.12. The molecule has 0 bridgehead atoms. The average molecular weight is 373 g/mol. The topological polar surface area (TPSA) is 54.4 Å². The second kappa shape index (κ2) is 6.19. The molecule has 4 aliphatic rings. The maximum Gasteiger partial charge on any atom is 0.307 e. The zero-order chi connectivity index (χ0) is 19.6. The van der Waals surface area contributed by atoms with Gasteiger partial charge in [0.2, 0.25) is 0 Å². The lowest BCUT2D eigenvalue weighted by Gasteiger charge is -2.67. The van der Waals surface area contributed by atoms with E-state index < -0.39 is 5.97 Å². The number of carbonyl (C=O) groups excluding carboxylic acids is 1. The van der Waals surface area contributed by atoms with Crippen molar-refractivity contribution in [2.75, 3.05) is 0 Å². The number of Topliss-reactive ketones (excluding diaryl/α,β-unsaturated/α-hetero) is 1. The van der Waals surface area contributed by atoms with E-state index >= 15 is 0 Å². The van der Waals surface area contributed by atoms with Crippen LogP contribution in [0.25, 0.3) is 0 Å². The van der Waals surface area contributed by atoms with E-state index in [1.54, 1.807) is 0 Å². The molecule has 0 aliphatic heterocycles. The minimum absolute atomic E-state index is 0.0942. The molecule has 4 rings (SSSR count). The Labute approximate surface area is 164 Å². The molecule has 0 amide bonds. The van der Waals surface area contributed by atoms with Gasteiger partial charge in [0.25, 0.3) is 0 Å². The monoisotopic (exact) mass is 372 g/mol. The molecule has 4 aliphatic carbocycles. The van der Waals surface area contributed by atoms with Gasteiger partial charge in [-0.05, 0) is 78.4 Å². The SMILES string of the molecule is CC1(C)CCC[C@@]2(C)C1CC[C@@]1(C)C3CC(=O)C(CC(=O)O)=C[C@H]3CCC12. The lowest BCUT2D eigenvalue weighted by atomic mass is 9.38. The minimum Gasteiger partial charge on any atom is -0.481 e. The first-order valence-corrected chi connectivity index (χ1v) is 11.0. The zero-order valence-corrected chi connectivity index (χ0v) is 17.5. The second-order valence-electron chi connectivity index (χ2n) is 11.2. The lowest BCUT2D eigenvalue weighted by molar-refractivity contribution is -0.174. The van der Waals surface area contributed by atoms with Gasteiger partial charge >= 0.3 is 5.97 Å². The first-order valence-electron chi connectivity index (χ1n) is 11.0. The van der Waals surface area contributed by atoms with Crippen LogP contribution in [0.1, 0.15) is 85.5 Å². The van der Waals surface area contributed by atoms with E-state index in [1.165, 1.54) is 38.5 Å². The third kappa shape index (κ3) is 2.83. The fraction of sp³-hybridized carbons (Fsp3) is 0.833. The number of carboxylic acid groups (broad SMARTS) is 1. The van der Waals surface area contributed by atoms with E-state index in [2.05, 4.69) is 33.8 Å². The lowest BCUT2D eigenvalue weighted by Crippen LogP contribution is -2.59. The van der Waals surface area contributed by atoms with E-state index in [4.69, 9.17) is 5.11 Å². The van der Waals surface area contributed by atoms with E-state index in [0.717, 1.165) is 12.3 Å². The smallest absolute Gasteiger partial charge is 0.307 e. The Morgan fingerprint density at radius 2 is 1.78 bits per heavy atom. The Morgan fingerprint density at radius 3 is 2.48 bits per heavy atom. The normalized spacial score (nSPS) is 45.9. The highest BCUT2D eigenvalue weighted by molar-refractivity contribution is 5.99. The van der Waals surface area contributed by atoms with Crippen LogP contribution >= 0.6 is 0 Å². The van der Waals surface area contributed by atoms with E-state index in [9.17, 15) is 9.59 Å². The van der Waals surface area contributed by atoms with Crippen molar-refractivity contribution in [2.24, 2.45) is 39.9 Å². The molecular weight excluding hydrogens is 336 g/mol. The van der Waals surface area contributed by atoms with Crippen LogP contribution in [-0.4, -0.2) is 16.9 Å². The van der Waals surface area contributed by atoms with Gasteiger partial charge in [-0.25, -0.2) is 0 Å². The number of allylic oxidation sites excluding steroid dienone is 1. The van der Waals surface area contributed by atoms with Gasteiger partial charge < -0.3 is 5.11 Å². The summed E-state index contributed by atoms with van der Waals surface area (Å²) < 4.78 is 0. The molecule has 0 spiro atoms. The van der Waals surface area contributed by atoms with E-state index in [-0.39, 0.29) is 17.6 Å². The summed E-state index contributed by atoms with van der Waals surface area (Å²) in [5.74, 6) is 1.51. The van der Waals surface area contributed by atoms with Crippen molar-refractivity contribution in [3.63, 3.8) is 0 Å². The number of carboxylic acids is 1. The van der Waals surface area contributed by atoms with Gasteiger partial charge in [0.05, 0.1) is 6.42 Å². The van der Waals surface area contributed by atoms with Crippen LogP contribution in [0.3, 0.4) is 0 Å². The highest BCUT2D eigenvalue weighted by Gasteiger charge is 2.62. The molecule has 3 unspecified atom stereocenters. The predicted octanol–water partition coefficient (Wildman–Crippen LogP) is 5.64. The molecule has 0 heterocycles. The highest BCUT2D eigenvalue weighted by atomic mass is 16.4. The van der Waals surface area contributed by atoms with Gasteiger partial charge in [0.15, 0.2) is 5.78 Å². The number of aliphatic carboxylic acids is 1. The fourth-order valence-corrected chi connectivity index (χ4v) is 8.43. The molecule has 3 nitrogen and oxygen atoms in total. The number of rotatable bonds is 2. The van der Waals surface area contributed by atoms with Crippen molar-refractivity contribution in [2.45, 2.75) is 85.5 Å². The average Bonchev–Trinajstić information content (AvgIpc) is 2.54. The number of carbonyl (C=O) groups is 2. The number of hydrogen-bond donors (Lipinski definition) is 1. The van der Waals surface area contributed by atoms with E-state index in [1.807, 2.05) is 0 Å². The van der Waals surface area contributed by atoms with E-state index in [0.29, 0.717) is 40.6 Å². The summed E-state index contributed by atoms with van der Waals surface area (Å²) in [6.07, 6.45) is 11.5. The van der Waals surface area contributed by atoms with Crippen LogP contribution in [-0.2, 0) is 9.59 Å². The minimum atomic E-state index is -0.884. The molecule has 6 atom stereocenters. The number of ketones is 1. The Bertz CT molecular complexity index is 690. The third-order valence-electron chi connectivity index (χ3n) is 9.51. The van der Waals surface area contributed by atoms with Gasteiger partial charge in [-0.15, -0.1) is 0 Å².